The Morgan fingerprint density at radius 2 is 2.00 bits per heavy atom. The van der Waals surface area contributed by atoms with Gasteiger partial charge in [-0.2, -0.15) is 0 Å². The molecule has 0 N–H and O–H groups in total. The van der Waals surface area contributed by atoms with Crippen molar-refractivity contribution in [3.05, 3.63) is 41.7 Å². The molecule has 7 heteroatoms. The molecule has 0 saturated carbocycles. The Kier molecular flexibility index (Phi) is 5.06. The summed E-state index contributed by atoms with van der Waals surface area (Å²) in [4.78, 5) is 7.89. The first-order valence-electron chi connectivity index (χ1n) is 8.92. The van der Waals surface area contributed by atoms with Gasteiger partial charge in [0.2, 0.25) is 0 Å². The summed E-state index contributed by atoms with van der Waals surface area (Å²) in [5.74, 6) is 2.44. The highest BCUT2D eigenvalue weighted by atomic mass is 16.6. The molecule has 0 atom stereocenters. The van der Waals surface area contributed by atoms with Crippen molar-refractivity contribution in [3.8, 4) is 11.6 Å². The van der Waals surface area contributed by atoms with Gasteiger partial charge in [0.05, 0.1) is 12.8 Å². The van der Waals surface area contributed by atoms with Gasteiger partial charge in [-0.3, -0.25) is 4.90 Å². The molecule has 2 aromatic rings. The molecule has 3 saturated heterocycles. The Hall–Kier alpha value is -2.54. The molecule has 3 fully saturated rings. The van der Waals surface area contributed by atoms with Crippen molar-refractivity contribution in [1.82, 2.24) is 10.1 Å². The second kappa shape index (κ2) is 7.78. The fourth-order valence-electron chi connectivity index (χ4n) is 3.37. The van der Waals surface area contributed by atoms with Crippen LogP contribution in [0, 0.1) is 5.92 Å². The predicted octanol–water partition coefficient (Wildman–Crippen LogP) is 2.86. The monoisotopic (exact) mass is 357 g/mol. The van der Waals surface area contributed by atoms with E-state index in [9.17, 15) is 0 Å². The van der Waals surface area contributed by atoms with Crippen LogP contribution in [0.5, 0.6) is 11.6 Å². The molecule has 0 amide bonds. The van der Waals surface area contributed by atoms with Gasteiger partial charge in [0, 0.05) is 18.5 Å². The summed E-state index contributed by atoms with van der Waals surface area (Å²) in [5.41, 5.74) is 2.18. The quantitative estimate of drug-likeness (QED) is 0.710. The molecule has 3 aliphatic rings. The van der Waals surface area contributed by atoms with E-state index in [1.54, 1.807) is 13.2 Å². The number of ether oxygens (including phenoxy) is 2. The summed E-state index contributed by atoms with van der Waals surface area (Å²) < 4.78 is 16.0. The molecular formula is C19H23N3O4. The number of fused-ring (bicyclic) bond motifs is 3. The SMILES string of the molecule is COc1ccc(COc2cc(CON=C3CN4CCC3CC4)on2)cc1. The van der Waals surface area contributed by atoms with E-state index in [1.165, 1.54) is 25.9 Å². The highest BCUT2D eigenvalue weighted by molar-refractivity contribution is 5.89. The first kappa shape index (κ1) is 16.9. The summed E-state index contributed by atoms with van der Waals surface area (Å²) in [7, 11) is 1.64. The van der Waals surface area contributed by atoms with Crippen LogP contribution in [0.25, 0.3) is 0 Å². The molecule has 2 bridgehead atoms. The van der Waals surface area contributed by atoms with Crippen LogP contribution < -0.4 is 9.47 Å². The number of hydrogen-bond acceptors (Lipinski definition) is 7. The van der Waals surface area contributed by atoms with Crippen LogP contribution in [0.2, 0.25) is 0 Å². The van der Waals surface area contributed by atoms with Crippen LogP contribution in [0.3, 0.4) is 0 Å². The fraction of sp³-hybridized carbons (Fsp3) is 0.474. The molecule has 0 aliphatic carbocycles. The topological polar surface area (TPSA) is 69.3 Å². The summed E-state index contributed by atoms with van der Waals surface area (Å²) in [5, 5.41) is 8.22. The number of oxime groups is 1. The maximum Gasteiger partial charge on any atom is 0.254 e. The summed E-state index contributed by atoms with van der Waals surface area (Å²) in [6.45, 7) is 3.96. The fourth-order valence-corrected chi connectivity index (χ4v) is 3.37. The molecule has 138 valence electrons. The van der Waals surface area contributed by atoms with Gasteiger partial charge in [-0.25, -0.2) is 0 Å². The molecule has 1 aromatic heterocycles. The molecule has 4 heterocycles. The van der Waals surface area contributed by atoms with Crippen molar-refractivity contribution in [3.63, 3.8) is 0 Å². The van der Waals surface area contributed by atoms with Crippen LogP contribution in [0.4, 0.5) is 0 Å². The number of nitrogens with zero attached hydrogens (tertiary/aromatic N) is 3. The minimum absolute atomic E-state index is 0.259. The average Bonchev–Trinajstić information content (AvgIpc) is 3.15. The minimum Gasteiger partial charge on any atom is -0.497 e. The van der Waals surface area contributed by atoms with Crippen molar-refractivity contribution in [1.29, 1.82) is 0 Å². The average molecular weight is 357 g/mol. The molecule has 0 radical (unpaired) electrons. The molecule has 7 nitrogen and oxygen atoms in total. The van der Waals surface area contributed by atoms with Crippen LogP contribution >= 0.6 is 0 Å². The van der Waals surface area contributed by atoms with Crippen molar-refractivity contribution in [2.24, 2.45) is 11.1 Å². The number of methoxy groups -OCH3 is 1. The third-order valence-corrected chi connectivity index (χ3v) is 4.92. The molecule has 0 spiro atoms. The minimum atomic E-state index is 0.259. The second-order valence-electron chi connectivity index (χ2n) is 6.67. The van der Waals surface area contributed by atoms with Gasteiger partial charge >= 0.3 is 0 Å². The highest BCUT2D eigenvalue weighted by Crippen LogP contribution is 2.25. The van der Waals surface area contributed by atoms with Gasteiger partial charge in [0.25, 0.3) is 5.88 Å². The van der Waals surface area contributed by atoms with Gasteiger partial charge in [0.15, 0.2) is 12.4 Å². The van der Waals surface area contributed by atoms with Gasteiger partial charge in [0.1, 0.15) is 12.4 Å². The standard InChI is InChI=1S/C19H23N3O4/c1-23-16-4-2-14(3-5-16)12-24-19-10-17(26-21-19)13-25-20-18-11-22-8-6-15(18)7-9-22/h2-5,10,15H,6-9,11-13H2,1H3. The Bertz CT molecular complexity index is 748. The first-order chi connectivity index (χ1) is 12.8. The van der Waals surface area contributed by atoms with E-state index in [0.717, 1.165) is 23.6 Å². The lowest BCUT2D eigenvalue weighted by Gasteiger charge is -2.39. The summed E-state index contributed by atoms with van der Waals surface area (Å²) >= 11 is 0. The van der Waals surface area contributed by atoms with Crippen LogP contribution in [0.15, 0.2) is 40.0 Å². The van der Waals surface area contributed by atoms with Crippen LogP contribution in [-0.4, -0.2) is 42.5 Å². The van der Waals surface area contributed by atoms with Gasteiger partial charge in [-0.15, -0.1) is 0 Å². The van der Waals surface area contributed by atoms with Crippen LogP contribution in [0.1, 0.15) is 24.2 Å². The van der Waals surface area contributed by atoms with Crippen molar-refractivity contribution in [2.75, 3.05) is 26.7 Å². The number of piperidine rings is 3. The van der Waals surface area contributed by atoms with E-state index >= 15 is 0 Å². The largest absolute Gasteiger partial charge is 0.497 e. The van der Waals surface area contributed by atoms with Gasteiger partial charge < -0.3 is 18.8 Å². The van der Waals surface area contributed by atoms with Crippen molar-refractivity contribution in [2.45, 2.75) is 26.1 Å². The van der Waals surface area contributed by atoms with E-state index in [2.05, 4.69) is 15.2 Å². The van der Waals surface area contributed by atoms with E-state index in [1.807, 2.05) is 24.3 Å². The van der Waals surface area contributed by atoms with E-state index < -0.39 is 0 Å². The second-order valence-corrected chi connectivity index (χ2v) is 6.67. The summed E-state index contributed by atoms with van der Waals surface area (Å²) in [6, 6.07) is 9.43. The predicted molar refractivity (Wildman–Crippen MR) is 95.2 cm³/mol. The zero-order valence-corrected chi connectivity index (χ0v) is 14.9. The Morgan fingerprint density at radius 3 is 2.69 bits per heavy atom. The zero-order valence-electron chi connectivity index (χ0n) is 14.9. The highest BCUT2D eigenvalue weighted by Gasteiger charge is 2.31. The van der Waals surface area contributed by atoms with Crippen molar-refractivity contribution >= 4 is 5.71 Å². The lowest BCUT2D eigenvalue weighted by Crippen LogP contribution is -2.47. The molecule has 26 heavy (non-hydrogen) atoms. The molecular weight excluding hydrogens is 334 g/mol. The van der Waals surface area contributed by atoms with E-state index in [-0.39, 0.29) is 6.61 Å². The van der Waals surface area contributed by atoms with Crippen LogP contribution in [-0.2, 0) is 18.1 Å². The molecule has 3 aliphatic heterocycles. The lowest BCUT2D eigenvalue weighted by molar-refractivity contribution is 0.0997. The Labute approximate surface area is 152 Å². The Balaban J connectivity index is 1.25. The zero-order chi connectivity index (χ0) is 17.8. The Morgan fingerprint density at radius 1 is 1.19 bits per heavy atom. The third kappa shape index (κ3) is 3.99. The smallest absolute Gasteiger partial charge is 0.254 e. The van der Waals surface area contributed by atoms with Gasteiger partial charge in [-0.05, 0) is 48.8 Å². The maximum absolute atomic E-state index is 5.64. The summed E-state index contributed by atoms with van der Waals surface area (Å²) in [6.07, 6.45) is 2.38. The van der Waals surface area contributed by atoms with E-state index in [4.69, 9.17) is 18.8 Å². The third-order valence-electron chi connectivity index (χ3n) is 4.92. The molecule has 1 aromatic carbocycles. The maximum atomic E-state index is 5.64. The van der Waals surface area contributed by atoms with Gasteiger partial charge in [-0.1, -0.05) is 17.3 Å². The number of aromatic nitrogens is 1. The number of rotatable bonds is 7. The first-order valence-corrected chi connectivity index (χ1v) is 8.92. The lowest BCUT2D eigenvalue weighted by atomic mass is 9.87. The van der Waals surface area contributed by atoms with Crippen molar-refractivity contribution < 1.29 is 18.8 Å². The number of hydrogen-bond donors (Lipinski definition) is 0. The normalized spacial score (nSPS) is 23.2. The number of benzene rings is 1. The van der Waals surface area contributed by atoms with E-state index in [0.29, 0.717) is 24.2 Å². The molecule has 5 rings (SSSR count). The molecule has 0 unspecified atom stereocenters.